The molecule has 0 radical (unpaired) electrons. The first-order valence-corrected chi connectivity index (χ1v) is 6.79. The Kier molecular flexibility index (Phi) is 4.47. The highest BCUT2D eigenvalue weighted by molar-refractivity contribution is 14.1. The normalized spacial score (nSPS) is 11.4. The van der Waals surface area contributed by atoms with Gasteiger partial charge in [-0.25, -0.2) is 0 Å². The molecule has 0 atom stereocenters. The zero-order chi connectivity index (χ0) is 13.1. The third kappa shape index (κ3) is 2.62. The summed E-state index contributed by atoms with van der Waals surface area (Å²) in [5.41, 5.74) is 8.21. The zero-order valence-electron chi connectivity index (χ0n) is 10.7. The number of rotatable bonds is 5. The van der Waals surface area contributed by atoms with E-state index in [1.165, 1.54) is 10.9 Å². The van der Waals surface area contributed by atoms with Gasteiger partial charge in [0.15, 0.2) is 23.0 Å². The van der Waals surface area contributed by atoms with Crippen molar-refractivity contribution in [1.82, 2.24) is 9.47 Å². The van der Waals surface area contributed by atoms with Gasteiger partial charge in [-0.1, -0.05) is 6.07 Å². The molecule has 0 saturated heterocycles. The number of nitrogens with zero attached hydrogens (tertiary/aromatic N) is 2. The monoisotopic (exact) mass is 359 g/mol. The molecule has 0 fully saturated rings. The van der Waals surface area contributed by atoms with Crippen molar-refractivity contribution in [1.29, 1.82) is 0 Å². The van der Waals surface area contributed by atoms with Crippen molar-refractivity contribution in [2.45, 2.75) is 13.1 Å². The molecule has 0 spiro atoms. The van der Waals surface area contributed by atoms with E-state index in [9.17, 15) is 0 Å². The lowest BCUT2D eigenvalue weighted by molar-refractivity contribution is 0.414. The summed E-state index contributed by atoms with van der Waals surface area (Å²) in [5, 5.41) is 1.18. The topological polar surface area (TPSA) is 43.4 Å². The number of nitrogens with two attached hydrogens (primary N) is 1. The predicted octanol–water partition coefficient (Wildman–Crippen LogP) is 2.39. The summed E-state index contributed by atoms with van der Waals surface area (Å²) in [6, 6.07) is 6.08. The number of aromatic nitrogens is 1. The average molecular weight is 359 g/mol. The number of benzene rings is 1. The van der Waals surface area contributed by atoms with Crippen molar-refractivity contribution >= 4 is 33.9 Å². The Bertz CT molecular complexity index is 536. The summed E-state index contributed by atoms with van der Waals surface area (Å²) in [6.07, 6.45) is 3.13. The van der Waals surface area contributed by atoms with Crippen molar-refractivity contribution in [2.24, 2.45) is 5.73 Å². The van der Waals surface area contributed by atoms with Gasteiger partial charge in [0.1, 0.15) is 5.75 Å². The SMILES string of the molecule is CN(C)CCc1cn(CN)c2cccc(OI)c12. The van der Waals surface area contributed by atoms with Gasteiger partial charge >= 0.3 is 0 Å². The molecule has 4 nitrogen and oxygen atoms in total. The molecule has 2 aromatic rings. The van der Waals surface area contributed by atoms with E-state index in [4.69, 9.17) is 8.80 Å². The van der Waals surface area contributed by atoms with Crippen LogP contribution in [0.15, 0.2) is 24.4 Å². The van der Waals surface area contributed by atoms with Gasteiger partial charge in [0.2, 0.25) is 0 Å². The van der Waals surface area contributed by atoms with E-state index in [1.54, 1.807) is 0 Å². The van der Waals surface area contributed by atoms with Crippen LogP contribution in [0.25, 0.3) is 10.9 Å². The molecule has 2 N–H and O–H groups in total. The molecular formula is C13H18IN3O. The van der Waals surface area contributed by atoms with Crippen LogP contribution in [-0.2, 0) is 13.1 Å². The summed E-state index contributed by atoms with van der Waals surface area (Å²) in [4.78, 5) is 2.18. The number of halogens is 1. The van der Waals surface area contributed by atoms with Crippen LogP contribution in [0.4, 0.5) is 0 Å². The first-order valence-electron chi connectivity index (χ1n) is 5.91. The molecule has 0 saturated carbocycles. The molecule has 0 aliphatic rings. The molecule has 0 unspecified atom stereocenters. The summed E-state index contributed by atoms with van der Waals surface area (Å²) in [6.45, 7) is 1.50. The zero-order valence-corrected chi connectivity index (χ0v) is 12.8. The lowest BCUT2D eigenvalue weighted by Crippen LogP contribution is -2.15. The van der Waals surface area contributed by atoms with E-state index in [0.29, 0.717) is 6.67 Å². The molecule has 0 aliphatic carbocycles. The highest BCUT2D eigenvalue weighted by Gasteiger charge is 2.12. The minimum atomic E-state index is 0.489. The van der Waals surface area contributed by atoms with Gasteiger partial charge in [-0.05, 0) is 38.2 Å². The number of likely N-dealkylation sites (N-methyl/N-ethyl adjacent to an activating group) is 1. The van der Waals surface area contributed by atoms with Crippen LogP contribution in [0, 0.1) is 0 Å². The van der Waals surface area contributed by atoms with Gasteiger partial charge in [0, 0.05) is 18.1 Å². The number of fused-ring (bicyclic) bond motifs is 1. The molecule has 0 amide bonds. The molecule has 1 aromatic carbocycles. The van der Waals surface area contributed by atoms with Gasteiger partial charge in [-0.2, -0.15) is 0 Å². The van der Waals surface area contributed by atoms with Crippen LogP contribution in [0.3, 0.4) is 0 Å². The molecule has 18 heavy (non-hydrogen) atoms. The molecule has 0 aliphatic heterocycles. The average Bonchev–Trinajstić information content (AvgIpc) is 2.74. The molecule has 1 aromatic heterocycles. The van der Waals surface area contributed by atoms with Crippen LogP contribution in [0.5, 0.6) is 5.75 Å². The number of hydrogen-bond donors (Lipinski definition) is 1. The van der Waals surface area contributed by atoms with Crippen LogP contribution in [0.1, 0.15) is 5.56 Å². The van der Waals surface area contributed by atoms with Crippen molar-refractivity contribution < 1.29 is 3.07 Å². The van der Waals surface area contributed by atoms with Crippen LogP contribution in [-0.4, -0.2) is 30.1 Å². The van der Waals surface area contributed by atoms with E-state index < -0.39 is 0 Å². The fraction of sp³-hybridized carbons (Fsp3) is 0.385. The molecular weight excluding hydrogens is 341 g/mol. The predicted molar refractivity (Wildman–Crippen MR) is 83.0 cm³/mol. The smallest absolute Gasteiger partial charge is 0.192 e. The standard InChI is InChI=1S/C13H18IN3O/c1-16(2)7-6-10-8-17(9-15)11-4-3-5-12(18-14)13(10)11/h3-5,8H,6-7,9,15H2,1-2H3. The second-order valence-electron chi connectivity index (χ2n) is 4.59. The largest absolute Gasteiger partial charge is 0.427 e. The van der Waals surface area contributed by atoms with Crippen LogP contribution < -0.4 is 8.80 Å². The van der Waals surface area contributed by atoms with E-state index in [-0.39, 0.29) is 0 Å². The van der Waals surface area contributed by atoms with E-state index >= 15 is 0 Å². The summed E-state index contributed by atoms with van der Waals surface area (Å²) < 4.78 is 7.50. The third-order valence-corrected chi connectivity index (χ3v) is 3.53. The third-order valence-electron chi connectivity index (χ3n) is 3.05. The van der Waals surface area contributed by atoms with Crippen LogP contribution >= 0.6 is 23.0 Å². The van der Waals surface area contributed by atoms with Crippen LogP contribution in [0.2, 0.25) is 0 Å². The number of hydrogen-bond acceptors (Lipinski definition) is 3. The summed E-state index contributed by atoms with van der Waals surface area (Å²) >= 11 is 1.93. The Labute approximate surface area is 121 Å². The summed E-state index contributed by atoms with van der Waals surface area (Å²) in [5.74, 6) is 0.911. The van der Waals surface area contributed by atoms with E-state index in [0.717, 1.165) is 24.2 Å². The van der Waals surface area contributed by atoms with E-state index in [1.807, 2.05) is 35.1 Å². The van der Waals surface area contributed by atoms with Gasteiger partial charge in [-0.15, -0.1) is 0 Å². The van der Waals surface area contributed by atoms with Gasteiger partial charge in [0.05, 0.1) is 12.2 Å². The lowest BCUT2D eigenvalue weighted by atomic mass is 10.1. The van der Waals surface area contributed by atoms with Gasteiger partial charge in [-0.3, -0.25) is 0 Å². The highest BCUT2D eigenvalue weighted by Crippen LogP contribution is 2.32. The van der Waals surface area contributed by atoms with Gasteiger partial charge < -0.3 is 18.3 Å². The molecule has 2 rings (SSSR count). The Morgan fingerprint density at radius 2 is 2.17 bits per heavy atom. The Morgan fingerprint density at radius 1 is 1.39 bits per heavy atom. The quantitative estimate of drug-likeness (QED) is 0.834. The minimum Gasteiger partial charge on any atom is -0.427 e. The van der Waals surface area contributed by atoms with Crippen molar-refractivity contribution in [2.75, 3.05) is 20.6 Å². The van der Waals surface area contributed by atoms with Crippen molar-refractivity contribution in [3.05, 3.63) is 30.0 Å². The first-order chi connectivity index (χ1) is 8.67. The fourth-order valence-corrected chi connectivity index (χ4v) is 2.52. The second-order valence-corrected chi connectivity index (χ2v) is 5.03. The maximum Gasteiger partial charge on any atom is 0.192 e. The van der Waals surface area contributed by atoms with Gasteiger partial charge in [0.25, 0.3) is 0 Å². The molecule has 5 heteroatoms. The molecule has 1 heterocycles. The lowest BCUT2D eigenvalue weighted by Gasteiger charge is -2.09. The first kappa shape index (κ1) is 13.6. The molecule has 0 bridgehead atoms. The maximum absolute atomic E-state index is 5.79. The Hall–Kier alpha value is -0.790. The second kappa shape index (κ2) is 5.90. The van der Waals surface area contributed by atoms with Crippen molar-refractivity contribution in [3.8, 4) is 5.75 Å². The highest BCUT2D eigenvalue weighted by atomic mass is 127. The van der Waals surface area contributed by atoms with Crippen molar-refractivity contribution in [3.63, 3.8) is 0 Å². The Morgan fingerprint density at radius 3 is 2.78 bits per heavy atom. The minimum absolute atomic E-state index is 0.489. The Balaban J connectivity index is 2.50. The fourth-order valence-electron chi connectivity index (χ4n) is 2.15. The molecule has 98 valence electrons. The summed E-state index contributed by atoms with van der Waals surface area (Å²) in [7, 11) is 4.16. The van der Waals surface area contributed by atoms with E-state index in [2.05, 4.69) is 35.8 Å². The maximum atomic E-state index is 5.79.